The molecule has 4 rings (SSSR count). The molecule has 1 aromatic heterocycles. The fourth-order valence-electron chi connectivity index (χ4n) is 3.58. The van der Waals surface area contributed by atoms with Gasteiger partial charge in [0, 0.05) is 19.3 Å². The number of carbonyl (C=O) groups is 1. The molecule has 1 aliphatic heterocycles. The smallest absolute Gasteiger partial charge is 0.301 e. The van der Waals surface area contributed by atoms with E-state index in [9.17, 15) is 14.9 Å². The Morgan fingerprint density at radius 2 is 2.00 bits per heavy atom. The van der Waals surface area contributed by atoms with Gasteiger partial charge in [-0.3, -0.25) is 19.9 Å². The van der Waals surface area contributed by atoms with E-state index in [1.807, 2.05) is 31.2 Å². The summed E-state index contributed by atoms with van der Waals surface area (Å²) in [5.41, 5.74) is 3.10. The molecule has 1 amide bonds. The number of pyridine rings is 1. The summed E-state index contributed by atoms with van der Waals surface area (Å²) < 4.78 is 0. The number of nitrogens with zero attached hydrogens (tertiary/aromatic N) is 3. The molecular formula is C21H20N4O3. The minimum absolute atomic E-state index is 0.0406. The van der Waals surface area contributed by atoms with Crippen molar-refractivity contribution in [2.75, 3.05) is 11.9 Å². The van der Waals surface area contributed by atoms with E-state index in [4.69, 9.17) is 0 Å². The third kappa shape index (κ3) is 3.38. The lowest BCUT2D eigenvalue weighted by Crippen LogP contribution is -2.33. The lowest BCUT2D eigenvalue weighted by Gasteiger charge is -2.18. The van der Waals surface area contributed by atoms with Gasteiger partial charge in [0.2, 0.25) is 5.91 Å². The Bertz CT molecular complexity index is 1050. The van der Waals surface area contributed by atoms with Crippen molar-refractivity contribution in [3.05, 3.63) is 76.0 Å². The van der Waals surface area contributed by atoms with Crippen molar-refractivity contribution < 1.29 is 9.72 Å². The number of benzene rings is 2. The highest BCUT2D eigenvalue weighted by Gasteiger charge is 2.33. The minimum atomic E-state index is -0.474. The monoisotopic (exact) mass is 376 g/mol. The molecule has 28 heavy (non-hydrogen) atoms. The third-order valence-electron chi connectivity index (χ3n) is 5.06. The maximum absolute atomic E-state index is 12.8. The first kappa shape index (κ1) is 17.9. The zero-order valence-electron chi connectivity index (χ0n) is 15.5. The van der Waals surface area contributed by atoms with Gasteiger partial charge in [-0.15, -0.1) is 0 Å². The van der Waals surface area contributed by atoms with Crippen LogP contribution in [0.15, 0.2) is 54.7 Å². The van der Waals surface area contributed by atoms with Crippen LogP contribution in [-0.2, 0) is 11.3 Å². The number of hydrogen-bond donors (Lipinski definition) is 1. The molecule has 142 valence electrons. The highest BCUT2D eigenvalue weighted by Crippen LogP contribution is 2.34. The number of fused-ring (bicyclic) bond motifs is 1. The first-order valence-corrected chi connectivity index (χ1v) is 9.16. The summed E-state index contributed by atoms with van der Waals surface area (Å²) >= 11 is 0. The number of rotatable bonds is 5. The van der Waals surface area contributed by atoms with E-state index >= 15 is 0 Å². The molecule has 7 nitrogen and oxygen atoms in total. The van der Waals surface area contributed by atoms with Gasteiger partial charge in [-0.05, 0) is 43.2 Å². The van der Waals surface area contributed by atoms with Gasteiger partial charge in [0.05, 0.1) is 15.8 Å². The number of nitro benzene ring substituents is 1. The molecule has 3 aromatic rings. The molecule has 1 N–H and O–H groups in total. The number of nitro groups is 1. The summed E-state index contributed by atoms with van der Waals surface area (Å²) in [5, 5.41) is 15.2. The van der Waals surface area contributed by atoms with E-state index in [0.29, 0.717) is 36.1 Å². The van der Waals surface area contributed by atoms with Gasteiger partial charge in [0.25, 0.3) is 0 Å². The molecule has 1 atom stereocenters. The fraction of sp³-hybridized carbons (Fsp3) is 0.238. The Balaban J connectivity index is 1.55. The molecule has 1 unspecified atom stereocenters. The van der Waals surface area contributed by atoms with E-state index in [1.165, 1.54) is 5.56 Å². The van der Waals surface area contributed by atoms with Crippen LogP contribution in [0.3, 0.4) is 0 Å². The number of anilines is 1. The zero-order chi connectivity index (χ0) is 19.7. The molecule has 2 heterocycles. The van der Waals surface area contributed by atoms with E-state index in [1.54, 1.807) is 35.4 Å². The van der Waals surface area contributed by atoms with E-state index in [-0.39, 0.29) is 11.6 Å². The average molecular weight is 376 g/mol. The molecule has 0 spiro atoms. The van der Waals surface area contributed by atoms with Gasteiger partial charge in [-0.1, -0.05) is 29.8 Å². The van der Waals surface area contributed by atoms with Crippen LogP contribution in [-0.4, -0.2) is 33.3 Å². The molecule has 0 radical (unpaired) electrons. The van der Waals surface area contributed by atoms with Crippen molar-refractivity contribution in [3.8, 4) is 0 Å². The molecule has 1 aliphatic rings. The van der Waals surface area contributed by atoms with Crippen molar-refractivity contribution in [1.29, 1.82) is 0 Å². The molecular weight excluding hydrogens is 356 g/mol. The normalized spacial score (nSPS) is 16.5. The standard InChI is InChI=1S/C21H20N4O3/c1-14-4-6-15(7-5-14)13-24-12-10-19(21(24)26)23-18-9-8-17-16(3-2-11-22-17)20(18)25(27)28/h2-9,11,19,23H,10,12-13H2,1H3. The van der Waals surface area contributed by atoms with Crippen molar-refractivity contribution in [1.82, 2.24) is 9.88 Å². The Hall–Kier alpha value is -3.48. The molecule has 1 saturated heterocycles. The van der Waals surface area contributed by atoms with Gasteiger partial charge >= 0.3 is 5.69 Å². The number of aromatic nitrogens is 1. The van der Waals surface area contributed by atoms with Gasteiger partial charge in [0.15, 0.2) is 0 Å². The molecule has 2 aromatic carbocycles. The van der Waals surface area contributed by atoms with Crippen LogP contribution in [0, 0.1) is 17.0 Å². The lowest BCUT2D eigenvalue weighted by molar-refractivity contribution is -0.382. The highest BCUT2D eigenvalue weighted by molar-refractivity contribution is 5.96. The quantitative estimate of drug-likeness (QED) is 0.542. The van der Waals surface area contributed by atoms with Gasteiger partial charge < -0.3 is 10.2 Å². The highest BCUT2D eigenvalue weighted by atomic mass is 16.6. The van der Waals surface area contributed by atoms with Gasteiger partial charge in [0.1, 0.15) is 11.7 Å². The topological polar surface area (TPSA) is 88.4 Å². The van der Waals surface area contributed by atoms with Crippen LogP contribution in [0.1, 0.15) is 17.5 Å². The summed E-state index contributed by atoms with van der Waals surface area (Å²) in [5.74, 6) is -0.0406. The van der Waals surface area contributed by atoms with Gasteiger partial charge in [-0.25, -0.2) is 0 Å². The van der Waals surface area contributed by atoms with Crippen LogP contribution in [0.25, 0.3) is 10.9 Å². The molecule has 7 heteroatoms. The summed E-state index contributed by atoms with van der Waals surface area (Å²) in [4.78, 5) is 30.0. The maximum atomic E-state index is 12.8. The largest absolute Gasteiger partial charge is 0.368 e. The summed E-state index contributed by atoms with van der Waals surface area (Å²) in [6.45, 7) is 3.19. The maximum Gasteiger partial charge on any atom is 0.301 e. The second kappa shape index (κ2) is 7.26. The number of likely N-dealkylation sites (tertiary alicyclic amines) is 1. The zero-order valence-corrected chi connectivity index (χ0v) is 15.5. The number of nitrogens with one attached hydrogen (secondary N) is 1. The predicted molar refractivity (Wildman–Crippen MR) is 107 cm³/mol. The summed E-state index contributed by atoms with van der Waals surface area (Å²) in [7, 11) is 0. The SMILES string of the molecule is Cc1ccc(CN2CCC(Nc3ccc4ncccc4c3[N+](=O)[O-])C2=O)cc1. The Morgan fingerprint density at radius 3 is 2.75 bits per heavy atom. The summed E-state index contributed by atoms with van der Waals surface area (Å²) in [6.07, 6.45) is 2.20. The van der Waals surface area contributed by atoms with Crippen LogP contribution in [0.2, 0.25) is 0 Å². The average Bonchev–Trinajstić information content (AvgIpc) is 3.02. The lowest BCUT2D eigenvalue weighted by atomic mass is 10.1. The van der Waals surface area contributed by atoms with Crippen LogP contribution in [0.5, 0.6) is 0 Å². The van der Waals surface area contributed by atoms with Crippen molar-refractivity contribution in [2.45, 2.75) is 25.9 Å². The minimum Gasteiger partial charge on any atom is -0.368 e. The van der Waals surface area contributed by atoms with Crippen molar-refractivity contribution >= 4 is 28.2 Å². The van der Waals surface area contributed by atoms with Crippen LogP contribution < -0.4 is 5.32 Å². The first-order chi connectivity index (χ1) is 13.5. The molecule has 0 bridgehead atoms. The van der Waals surface area contributed by atoms with Crippen molar-refractivity contribution in [3.63, 3.8) is 0 Å². The predicted octanol–water partition coefficient (Wildman–Crippen LogP) is 3.66. The van der Waals surface area contributed by atoms with Gasteiger partial charge in [-0.2, -0.15) is 0 Å². The van der Waals surface area contributed by atoms with Crippen LogP contribution in [0.4, 0.5) is 11.4 Å². The molecule has 1 fully saturated rings. The first-order valence-electron chi connectivity index (χ1n) is 9.16. The van der Waals surface area contributed by atoms with E-state index < -0.39 is 11.0 Å². The number of aryl methyl sites for hydroxylation is 1. The third-order valence-corrected chi connectivity index (χ3v) is 5.06. The Labute approximate surface area is 162 Å². The fourth-order valence-corrected chi connectivity index (χ4v) is 3.58. The second-order valence-corrected chi connectivity index (χ2v) is 7.02. The van der Waals surface area contributed by atoms with Crippen LogP contribution >= 0.6 is 0 Å². The van der Waals surface area contributed by atoms with E-state index in [0.717, 1.165) is 5.56 Å². The summed E-state index contributed by atoms with van der Waals surface area (Å²) in [6, 6.07) is 14.3. The Morgan fingerprint density at radius 1 is 1.21 bits per heavy atom. The number of hydrogen-bond acceptors (Lipinski definition) is 5. The molecule has 0 saturated carbocycles. The number of carbonyl (C=O) groups excluding carboxylic acids is 1. The number of amides is 1. The second-order valence-electron chi connectivity index (χ2n) is 7.02. The molecule has 0 aliphatic carbocycles. The Kier molecular flexibility index (Phi) is 4.65. The van der Waals surface area contributed by atoms with Crippen molar-refractivity contribution in [2.24, 2.45) is 0 Å². The van der Waals surface area contributed by atoms with E-state index in [2.05, 4.69) is 10.3 Å².